The number of thioether (sulfide) groups is 1. The number of nitrogens with one attached hydrogen (secondary N) is 1. The van der Waals surface area contributed by atoms with E-state index < -0.39 is 26.8 Å². The molecule has 1 N–H and O–H groups in total. The van der Waals surface area contributed by atoms with Gasteiger partial charge in [0.1, 0.15) is 16.8 Å². The fourth-order valence-electron chi connectivity index (χ4n) is 3.20. The number of halogens is 1. The van der Waals surface area contributed by atoms with Gasteiger partial charge >= 0.3 is 0 Å². The van der Waals surface area contributed by atoms with Crippen molar-refractivity contribution in [3.05, 3.63) is 30.1 Å². The number of piperidine rings is 1. The summed E-state index contributed by atoms with van der Waals surface area (Å²) in [6.07, 6.45) is 5.30. The molecule has 1 amide bonds. The molecule has 1 aliphatic rings. The lowest BCUT2D eigenvalue weighted by Gasteiger charge is -2.34. The Morgan fingerprint density at radius 2 is 2.15 bits per heavy atom. The first kappa shape index (κ1) is 21.2. The molecule has 0 bridgehead atoms. The lowest BCUT2D eigenvalue weighted by Crippen LogP contribution is -2.51. The molecule has 0 radical (unpaired) electrons. The molecule has 0 spiro atoms. The molecule has 146 valence electrons. The number of hydrogen-bond donors (Lipinski definition) is 1. The molecule has 2 atom stereocenters. The third-order valence-corrected chi connectivity index (χ3v) is 6.89. The van der Waals surface area contributed by atoms with Crippen molar-refractivity contribution in [3.8, 4) is 0 Å². The van der Waals surface area contributed by atoms with E-state index in [1.54, 1.807) is 16.7 Å². The van der Waals surface area contributed by atoms with Crippen LogP contribution < -0.4 is 4.72 Å². The third kappa shape index (κ3) is 5.44. The molecular weight excluding hydrogens is 375 g/mol. The van der Waals surface area contributed by atoms with Crippen LogP contribution in [0.25, 0.3) is 0 Å². The number of carbonyl (C=O) groups is 1. The van der Waals surface area contributed by atoms with E-state index in [1.807, 2.05) is 6.26 Å². The highest BCUT2D eigenvalue weighted by Gasteiger charge is 2.32. The van der Waals surface area contributed by atoms with Crippen molar-refractivity contribution in [2.24, 2.45) is 5.92 Å². The second-order valence-electron chi connectivity index (χ2n) is 6.59. The summed E-state index contributed by atoms with van der Waals surface area (Å²) in [4.78, 5) is 14.3. The maximum atomic E-state index is 13.9. The van der Waals surface area contributed by atoms with E-state index in [1.165, 1.54) is 18.2 Å². The predicted octanol–water partition coefficient (Wildman–Crippen LogP) is 2.87. The van der Waals surface area contributed by atoms with E-state index in [4.69, 9.17) is 0 Å². The van der Waals surface area contributed by atoms with Crippen LogP contribution in [0.1, 0.15) is 32.6 Å². The van der Waals surface area contributed by atoms with Crippen molar-refractivity contribution in [2.75, 3.05) is 25.1 Å². The Kier molecular flexibility index (Phi) is 7.91. The van der Waals surface area contributed by atoms with Crippen LogP contribution in [0.3, 0.4) is 0 Å². The van der Waals surface area contributed by atoms with Crippen LogP contribution >= 0.6 is 11.8 Å². The molecule has 1 saturated heterocycles. The highest BCUT2D eigenvalue weighted by Crippen LogP contribution is 2.21. The molecule has 1 aromatic rings. The predicted molar refractivity (Wildman–Crippen MR) is 103 cm³/mol. The zero-order valence-corrected chi connectivity index (χ0v) is 16.9. The molecule has 1 heterocycles. The van der Waals surface area contributed by atoms with Gasteiger partial charge in [-0.1, -0.05) is 25.5 Å². The minimum absolute atomic E-state index is 0.211. The molecule has 0 saturated carbocycles. The molecule has 1 aromatic carbocycles. The molecule has 1 fully saturated rings. The van der Waals surface area contributed by atoms with Crippen molar-refractivity contribution in [1.82, 2.24) is 9.62 Å². The van der Waals surface area contributed by atoms with Crippen LogP contribution in [0.15, 0.2) is 29.2 Å². The molecule has 2 unspecified atom stereocenters. The summed E-state index contributed by atoms with van der Waals surface area (Å²) in [6.45, 7) is 3.41. The molecule has 8 heteroatoms. The summed E-state index contributed by atoms with van der Waals surface area (Å²) in [7, 11) is -4.11. The van der Waals surface area contributed by atoms with Gasteiger partial charge in [-0.3, -0.25) is 4.79 Å². The summed E-state index contributed by atoms with van der Waals surface area (Å²) in [6, 6.07) is 4.34. The quantitative estimate of drug-likeness (QED) is 0.726. The summed E-state index contributed by atoms with van der Waals surface area (Å²) < 4.78 is 41.6. The van der Waals surface area contributed by atoms with E-state index in [9.17, 15) is 17.6 Å². The Bertz CT molecular complexity index is 712. The normalized spacial score (nSPS) is 19.3. The number of hydrogen-bond acceptors (Lipinski definition) is 4. The Morgan fingerprint density at radius 3 is 2.81 bits per heavy atom. The number of likely N-dealkylation sites (tertiary alicyclic amines) is 1. The molecular formula is C18H27FN2O3S2. The Hall–Kier alpha value is -1.12. The smallest absolute Gasteiger partial charge is 0.244 e. The van der Waals surface area contributed by atoms with E-state index in [0.29, 0.717) is 31.2 Å². The fourth-order valence-corrected chi connectivity index (χ4v) is 4.97. The van der Waals surface area contributed by atoms with Crippen molar-refractivity contribution in [3.63, 3.8) is 0 Å². The SMILES string of the molecule is CCC1CCCN(C(=O)C(CCSC)NS(=O)(=O)c2ccccc2F)C1. The maximum Gasteiger partial charge on any atom is 0.244 e. The lowest BCUT2D eigenvalue weighted by atomic mass is 9.95. The number of amides is 1. The zero-order chi connectivity index (χ0) is 19.2. The molecule has 0 aliphatic carbocycles. The first-order valence-corrected chi connectivity index (χ1v) is 11.8. The van der Waals surface area contributed by atoms with Crippen molar-refractivity contribution >= 4 is 27.7 Å². The average molecular weight is 403 g/mol. The zero-order valence-electron chi connectivity index (χ0n) is 15.3. The largest absolute Gasteiger partial charge is 0.341 e. The minimum atomic E-state index is -4.11. The van der Waals surface area contributed by atoms with Crippen molar-refractivity contribution in [2.45, 2.75) is 43.5 Å². The molecule has 2 rings (SSSR count). The van der Waals surface area contributed by atoms with Gasteiger partial charge in [-0.15, -0.1) is 0 Å². The Balaban J connectivity index is 2.18. The first-order valence-electron chi connectivity index (χ1n) is 8.93. The first-order chi connectivity index (χ1) is 12.4. The van der Waals surface area contributed by atoms with E-state index in [0.717, 1.165) is 25.3 Å². The van der Waals surface area contributed by atoms with Crippen LogP contribution in [0, 0.1) is 11.7 Å². The minimum Gasteiger partial charge on any atom is -0.341 e. The summed E-state index contributed by atoms with van der Waals surface area (Å²) >= 11 is 1.54. The van der Waals surface area contributed by atoms with Gasteiger partial charge in [0.25, 0.3) is 0 Å². The summed E-state index contributed by atoms with van der Waals surface area (Å²) in [5.74, 6) is 0.0654. The van der Waals surface area contributed by atoms with E-state index in [-0.39, 0.29) is 5.91 Å². The topological polar surface area (TPSA) is 66.5 Å². The van der Waals surface area contributed by atoms with Gasteiger partial charge < -0.3 is 4.90 Å². The number of rotatable bonds is 8. The highest BCUT2D eigenvalue weighted by molar-refractivity contribution is 7.98. The third-order valence-electron chi connectivity index (χ3n) is 4.74. The molecule has 5 nitrogen and oxygen atoms in total. The number of sulfonamides is 1. The van der Waals surface area contributed by atoms with E-state index in [2.05, 4.69) is 11.6 Å². The second-order valence-corrected chi connectivity index (χ2v) is 9.25. The second kappa shape index (κ2) is 9.71. The molecule has 0 aromatic heterocycles. The van der Waals surface area contributed by atoms with Gasteiger partial charge in [-0.25, -0.2) is 12.8 Å². The number of benzene rings is 1. The van der Waals surface area contributed by atoms with Gasteiger partial charge in [0.05, 0.1) is 0 Å². The van der Waals surface area contributed by atoms with Gasteiger partial charge in [0.15, 0.2) is 0 Å². The van der Waals surface area contributed by atoms with Gasteiger partial charge in [-0.2, -0.15) is 16.5 Å². The van der Waals surface area contributed by atoms with Crippen LogP contribution in [0.2, 0.25) is 0 Å². The van der Waals surface area contributed by atoms with Crippen LogP contribution in [-0.2, 0) is 14.8 Å². The van der Waals surface area contributed by atoms with Crippen molar-refractivity contribution in [1.29, 1.82) is 0 Å². The summed E-state index contributed by atoms with van der Waals surface area (Å²) in [5, 5.41) is 0. The van der Waals surface area contributed by atoms with Gasteiger partial charge in [0, 0.05) is 13.1 Å². The summed E-state index contributed by atoms with van der Waals surface area (Å²) in [5.41, 5.74) is 0. The van der Waals surface area contributed by atoms with Crippen LogP contribution in [-0.4, -0.2) is 50.4 Å². The lowest BCUT2D eigenvalue weighted by molar-refractivity contribution is -0.134. The van der Waals surface area contributed by atoms with Gasteiger partial charge in [0.2, 0.25) is 15.9 Å². The van der Waals surface area contributed by atoms with Gasteiger partial charge in [-0.05, 0) is 49.3 Å². The number of carbonyl (C=O) groups excluding carboxylic acids is 1. The highest BCUT2D eigenvalue weighted by atomic mass is 32.2. The van der Waals surface area contributed by atoms with E-state index >= 15 is 0 Å². The van der Waals surface area contributed by atoms with Crippen molar-refractivity contribution < 1.29 is 17.6 Å². The molecule has 1 aliphatic heterocycles. The Labute approximate surface area is 159 Å². The maximum absolute atomic E-state index is 13.9. The monoisotopic (exact) mass is 402 g/mol. The van der Waals surface area contributed by atoms with Crippen LogP contribution in [0.4, 0.5) is 4.39 Å². The Morgan fingerprint density at radius 1 is 1.42 bits per heavy atom. The standard InChI is InChI=1S/C18H27FN2O3S2/c1-3-14-7-6-11-21(13-14)18(22)16(10-12-25-2)20-26(23,24)17-9-5-4-8-15(17)19/h4-5,8-9,14,16,20H,3,6-7,10-13H2,1-2H3. The molecule has 26 heavy (non-hydrogen) atoms. The van der Waals surface area contributed by atoms with Crippen LogP contribution in [0.5, 0.6) is 0 Å². The number of nitrogens with zero attached hydrogens (tertiary/aromatic N) is 1. The average Bonchev–Trinajstić information content (AvgIpc) is 2.64. The fraction of sp³-hybridized carbons (Fsp3) is 0.611.